The Morgan fingerprint density at radius 3 is 2.86 bits per heavy atom. The summed E-state index contributed by atoms with van der Waals surface area (Å²) in [6.45, 7) is 0. The fourth-order valence-electron chi connectivity index (χ4n) is 1.91. The first-order valence-electron chi connectivity index (χ1n) is 6.44. The Morgan fingerprint density at radius 1 is 1.23 bits per heavy atom. The van der Waals surface area contributed by atoms with Gasteiger partial charge in [0.2, 0.25) is 5.91 Å². The lowest BCUT2D eigenvalue weighted by atomic mass is 10.3. The van der Waals surface area contributed by atoms with Gasteiger partial charge in [0.1, 0.15) is 0 Å². The molecular weight excluding hydrogens is 341 g/mol. The van der Waals surface area contributed by atoms with E-state index in [-0.39, 0.29) is 11.7 Å². The van der Waals surface area contributed by atoms with Crippen LogP contribution in [0, 0.1) is 0 Å². The van der Waals surface area contributed by atoms with Crippen LogP contribution in [0.5, 0.6) is 0 Å². The number of thioether (sulfide) groups is 1. The zero-order chi connectivity index (χ0) is 15.5. The normalized spacial score (nSPS) is 10.8. The molecule has 0 aliphatic rings. The number of hydrogen-bond acceptors (Lipinski definition) is 3. The quantitative estimate of drug-likeness (QED) is 0.675. The molecule has 0 aliphatic carbocycles. The monoisotopic (exact) mass is 351 g/mol. The zero-order valence-electron chi connectivity index (χ0n) is 11.3. The third-order valence-corrected chi connectivity index (χ3v) is 4.35. The van der Waals surface area contributed by atoms with Crippen LogP contribution in [-0.2, 0) is 4.79 Å². The van der Waals surface area contributed by atoms with Gasteiger partial charge in [0.15, 0.2) is 5.16 Å². The van der Waals surface area contributed by atoms with Crippen molar-refractivity contribution in [2.75, 3.05) is 11.1 Å². The second-order valence-corrected chi connectivity index (χ2v) is 6.33. The lowest BCUT2D eigenvalue weighted by Crippen LogP contribution is -2.14. The van der Waals surface area contributed by atoms with E-state index in [9.17, 15) is 4.79 Å². The molecule has 3 rings (SSSR count). The Labute approximate surface area is 141 Å². The van der Waals surface area contributed by atoms with Crippen LogP contribution in [0.15, 0.2) is 47.6 Å². The number of amides is 1. The van der Waals surface area contributed by atoms with Crippen molar-refractivity contribution in [3.8, 4) is 0 Å². The van der Waals surface area contributed by atoms with Crippen LogP contribution in [0.25, 0.3) is 11.0 Å². The number of benzene rings is 2. The molecule has 4 nitrogen and oxygen atoms in total. The molecule has 0 aliphatic heterocycles. The Morgan fingerprint density at radius 2 is 2.05 bits per heavy atom. The molecule has 0 fully saturated rings. The number of nitrogens with one attached hydrogen (secondary N) is 2. The molecule has 1 amide bonds. The predicted molar refractivity (Wildman–Crippen MR) is 91.9 cm³/mol. The third kappa shape index (κ3) is 3.55. The second kappa shape index (κ2) is 6.60. The minimum Gasteiger partial charge on any atom is -0.333 e. The SMILES string of the molecule is O=C(CSc1nc2ccccc2[nH]1)Nc1cc(Cl)ccc1Cl. The minimum atomic E-state index is -0.172. The first-order valence-corrected chi connectivity index (χ1v) is 8.18. The van der Waals surface area contributed by atoms with E-state index in [2.05, 4.69) is 15.3 Å². The maximum absolute atomic E-state index is 12.0. The van der Waals surface area contributed by atoms with E-state index in [4.69, 9.17) is 23.2 Å². The van der Waals surface area contributed by atoms with Crippen LogP contribution in [-0.4, -0.2) is 21.6 Å². The molecular formula is C15H11Cl2N3OS. The lowest BCUT2D eigenvalue weighted by Gasteiger charge is -2.06. The van der Waals surface area contributed by atoms with E-state index in [1.165, 1.54) is 11.8 Å². The number of aromatic nitrogens is 2. The second-order valence-electron chi connectivity index (χ2n) is 4.52. The molecule has 0 saturated heterocycles. The van der Waals surface area contributed by atoms with Gasteiger partial charge in [0.05, 0.1) is 27.5 Å². The summed E-state index contributed by atoms with van der Waals surface area (Å²) in [5.41, 5.74) is 2.33. The summed E-state index contributed by atoms with van der Waals surface area (Å²) in [5.74, 6) is 0.0532. The highest BCUT2D eigenvalue weighted by molar-refractivity contribution is 7.99. The van der Waals surface area contributed by atoms with Gasteiger partial charge in [-0.05, 0) is 30.3 Å². The van der Waals surface area contributed by atoms with Gasteiger partial charge in [-0.2, -0.15) is 0 Å². The number of fused-ring (bicyclic) bond motifs is 1. The Bertz CT molecular complexity index is 802. The van der Waals surface area contributed by atoms with Gasteiger partial charge in [-0.1, -0.05) is 47.1 Å². The van der Waals surface area contributed by atoms with E-state index >= 15 is 0 Å². The van der Waals surface area contributed by atoms with Crippen molar-refractivity contribution in [2.24, 2.45) is 0 Å². The van der Waals surface area contributed by atoms with Crippen LogP contribution in [0.2, 0.25) is 10.0 Å². The number of carbonyl (C=O) groups is 1. The molecule has 0 spiro atoms. The molecule has 0 saturated carbocycles. The van der Waals surface area contributed by atoms with Crippen LogP contribution < -0.4 is 5.32 Å². The number of para-hydroxylation sites is 2. The standard InChI is InChI=1S/C15H11Cl2N3OS/c16-9-5-6-10(17)13(7-9)18-14(21)8-22-15-19-11-3-1-2-4-12(11)20-15/h1-7H,8H2,(H,18,21)(H,19,20). The topological polar surface area (TPSA) is 57.8 Å². The molecule has 2 aromatic carbocycles. The zero-order valence-corrected chi connectivity index (χ0v) is 13.6. The molecule has 112 valence electrons. The number of hydrogen-bond donors (Lipinski definition) is 2. The molecule has 0 bridgehead atoms. The maximum atomic E-state index is 12.0. The van der Waals surface area contributed by atoms with E-state index in [0.29, 0.717) is 20.9 Å². The third-order valence-electron chi connectivity index (χ3n) is 2.91. The number of halogens is 2. The number of imidazole rings is 1. The highest BCUT2D eigenvalue weighted by Gasteiger charge is 2.09. The summed E-state index contributed by atoms with van der Waals surface area (Å²) >= 11 is 13.2. The highest BCUT2D eigenvalue weighted by Crippen LogP contribution is 2.26. The first kappa shape index (κ1) is 15.2. The lowest BCUT2D eigenvalue weighted by molar-refractivity contribution is -0.113. The van der Waals surface area contributed by atoms with Gasteiger partial charge in [-0.25, -0.2) is 4.98 Å². The van der Waals surface area contributed by atoms with E-state index in [1.807, 2.05) is 24.3 Å². The maximum Gasteiger partial charge on any atom is 0.234 e. The Kier molecular flexibility index (Phi) is 4.57. The molecule has 7 heteroatoms. The summed E-state index contributed by atoms with van der Waals surface area (Å²) in [6.07, 6.45) is 0. The fourth-order valence-corrected chi connectivity index (χ4v) is 2.93. The highest BCUT2D eigenvalue weighted by atomic mass is 35.5. The number of rotatable bonds is 4. The van der Waals surface area contributed by atoms with Crippen LogP contribution in [0.4, 0.5) is 5.69 Å². The van der Waals surface area contributed by atoms with Gasteiger partial charge < -0.3 is 10.3 Å². The predicted octanol–water partition coefficient (Wildman–Crippen LogP) is 4.60. The molecule has 22 heavy (non-hydrogen) atoms. The number of anilines is 1. The van der Waals surface area contributed by atoms with Crippen molar-refractivity contribution in [3.05, 3.63) is 52.5 Å². The summed E-state index contributed by atoms with van der Waals surface area (Å²) in [7, 11) is 0. The average Bonchev–Trinajstić information content (AvgIpc) is 2.92. The van der Waals surface area contributed by atoms with Gasteiger partial charge in [0.25, 0.3) is 0 Å². The van der Waals surface area contributed by atoms with Crippen molar-refractivity contribution < 1.29 is 4.79 Å². The molecule has 3 aromatic rings. The van der Waals surface area contributed by atoms with Gasteiger partial charge in [-0.15, -0.1) is 0 Å². The molecule has 0 unspecified atom stereocenters. The van der Waals surface area contributed by atoms with E-state index in [0.717, 1.165) is 11.0 Å². The summed E-state index contributed by atoms with van der Waals surface area (Å²) in [5, 5.41) is 4.41. The summed E-state index contributed by atoms with van der Waals surface area (Å²) < 4.78 is 0. The number of nitrogens with zero attached hydrogens (tertiary/aromatic N) is 1. The van der Waals surface area contributed by atoms with Crippen molar-refractivity contribution in [3.63, 3.8) is 0 Å². The smallest absolute Gasteiger partial charge is 0.234 e. The van der Waals surface area contributed by atoms with Crippen LogP contribution in [0.3, 0.4) is 0 Å². The van der Waals surface area contributed by atoms with Crippen molar-refractivity contribution in [1.82, 2.24) is 9.97 Å². The van der Waals surface area contributed by atoms with Gasteiger partial charge in [-0.3, -0.25) is 4.79 Å². The van der Waals surface area contributed by atoms with Crippen molar-refractivity contribution >= 4 is 57.6 Å². The van der Waals surface area contributed by atoms with Gasteiger partial charge in [0, 0.05) is 5.02 Å². The minimum absolute atomic E-state index is 0.172. The molecule has 0 radical (unpaired) electrons. The van der Waals surface area contributed by atoms with E-state index in [1.54, 1.807) is 18.2 Å². The Hall–Kier alpha value is -1.69. The van der Waals surface area contributed by atoms with Gasteiger partial charge >= 0.3 is 0 Å². The molecule has 1 heterocycles. The first-order chi connectivity index (χ1) is 10.6. The molecule has 2 N–H and O–H groups in total. The van der Waals surface area contributed by atoms with Crippen molar-refractivity contribution in [1.29, 1.82) is 0 Å². The summed E-state index contributed by atoms with van der Waals surface area (Å²) in [4.78, 5) is 19.6. The number of aromatic amines is 1. The Balaban J connectivity index is 1.63. The van der Waals surface area contributed by atoms with E-state index < -0.39 is 0 Å². The van der Waals surface area contributed by atoms with Crippen molar-refractivity contribution in [2.45, 2.75) is 5.16 Å². The average molecular weight is 352 g/mol. The number of H-pyrrole nitrogens is 1. The summed E-state index contributed by atoms with van der Waals surface area (Å²) in [6, 6.07) is 12.6. The molecule has 0 atom stereocenters. The number of carbonyl (C=O) groups excluding carboxylic acids is 1. The largest absolute Gasteiger partial charge is 0.333 e. The molecule has 1 aromatic heterocycles. The fraction of sp³-hybridized carbons (Fsp3) is 0.0667. The van der Waals surface area contributed by atoms with Crippen LogP contribution in [0.1, 0.15) is 0 Å². The van der Waals surface area contributed by atoms with Crippen LogP contribution >= 0.6 is 35.0 Å².